The summed E-state index contributed by atoms with van der Waals surface area (Å²) in [6, 6.07) is 0.0235. The first kappa shape index (κ1) is 11.3. The SMILES string of the molecule is CC(C)C(N)c1nc(-c2cnn(C)c2)cs1. The van der Waals surface area contributed by atoms with Crippen molar-refractivity contribution < 1.29 is 0 Å². The Balaban J connectivity index is 2.26. The standard InChI is InChI=1S/C11H16N4S/c1-7(2)10(12)11-14-9(6-16-11)8-4-13-15(3)5-8/h4-7,10H,12H2,1-3H3. The van der Waals surface area contributed by atoms with Gasteiger partial charge in [0.25, 0.3) is 0 Å². The van der Waals surface area contributed by atoms with Crippen LogP contribution < -0.4 is 5.73 Å². The maximum absolute atomic E-state index is 6.06. The fourth-order valence-corrected chi connectivity index (χ4v) is 2.41. The molecule has 0 bridgehead atoms. The largest absolute Gasteiger partial charge is 0.322 e. The molecule has 2 N–H and O–H groups in total. The molecular weight excluding hydrogens is 220 g/mol. The van der Waals surface area contributed by atoms with Gasteiger partial charge in [0.15, 0.2) is 0 Å². The topological polar surface area (TPSA) is 56.7 Å². The molecule has 2 aromatic rings. The van der Waals surface area contributed by atoms with E-state index in [1.807, 2.05) is 24.8 Å². The smallest absolute Gasteiger partial charge is 0.110 e. The number of aryl methyl sites for hydroxylation is 1. The van der Waals surface area contributed by atoms with Gasteiger partial charge in [-0.2, -0.15) is 5.10 Å². The Morgan fingerprint density at radius 2 is 2.19 bits per heavy atom. The van der Waals surface area contributed by atoms with E-state index in [1.54, 1.807) is 16.0 Å². The van der Waals surface area contributed by atoms with E-state index in [-0.39, 0.29) is 6.04 Å². The monoisotopic (exact) mass is 236 g/mol. The molecule has 0 aliphatic heterocycles. The molecule has 0 amide bonds. The summed E-state index contributed by atoms with van der Waals surface area (Å²) in [6.07, 6.45) is 3.78. The summed E-state index contributed by atoms with van der Waals surface area (Å²) >= 11 is 1.62. The Morgan fingerprint density at radius 3 is 2.75 bits per heavy atom. The van der Waals surface area contributed by atoms with Crippen LogP contribution >= 0.6 is 11.3 Å². The van der Waals surface area contributed by atoms with Gasteiger partial charge in [-0.15, -0.1) is 11.3 Å². The highest BCUT2D eigenvalue weighted by atomic mass is 32.1. The van der Waals surface area contributed by atoms with Crippen LogP contribution in [0.1, 0.15) is 24.9 Å². The molecule has 1 unspecified atom stereocenters. The summed E-state index contributed by atoms with van der Waals surface area (Å²) in [5, 5.41) is 7.16. The second-order valence-corrected chi connectivity index (χ2v) is 5.13. The molecule has 0 saturated heterocycles. The van der Waals surface area contributed by atoms with Gasteiger partial charge in [-0.05, 0) is 5.92 Å². The Morgan fingerprint density at radius 1 is 1.44 bits per heavy atom. The van der Waals surface area contributed by atoms with Crippen LogP contribution in [-0.2, 0) is 7.05 Å². The normalized spacial score (nSPS) is 13.3. The van der Waals surface area contributed by atoms with Gasteiger partial charge in [0.2, 0.25) is 0 Å². The molecule has 4 nitrogen and oxygen atoms in total. The average Bonchev–Trinajstić information content (AvgIpc) is 2.84. The van der Waals surface area contributed by atoms with Crippen molar-refractivity contribution in [2.45, 2.75) is 19.9 Å². The molecule has 5 heteroatoms. The van der Waals surface area contributed by atoms with E-state index in [9.17, 15) is 0 Å². The molecule has 0 aliphatic rings. The number of thiazole rings is 1. The Kier molecular flexibility index (Phi) is 3.07. The molecule has 0 aromatic carbocycles. The summed E-state index contributed by atoms with van der Waals surface area (Å²) < 4.78 is 1.77. The number of aromatic nitrogens is 3. The van der Waals surface area contributed by atoms with Gasteiger partial charge in [0.1, 0.15) is 5.01 Å². The zero-order valence-electron chi connectivity index (χ0n) is 9.71. The van der Waals surface area contributed by atoms with Crippen LogP contribution in [0, 0.1) is 5.92 Å². The van der Waals surface area contributed by atoms with E-state index in [4.69, 9.17) is 5.73 Å². The number of nitrogens with two attached hydrogens (primary N) is 1. The molecule has 1 atom stereocenters. The van der Waals surface area contributed by atoms with Crippen molar-refractivity contribution in [1.29, 1.82) is 0 Å². The van der Waals surface area contributed by atoms with Crippen molar-refractivity contribution in [3.05, 3.63) is 22.8 Å². The third kappa shape index (κ3) is 2.15. The quantitative estimate of drug-likeness (QED) is 0.888. The molecular formula is C11H16N4S. The van der Waals surface area contributed by atoms with Crippen molar-refractivity contribution in [2.24, 2.45) is 18.7 Å². The predicted molar refractivity (Wildman–Crippen MR) is 66.1 cm³/mol. The summed E-state index contributed by atoms with van der Waals surface area (Å²) in [6.45, 7) is 4.21. The zero-order valence-corrected chi connectivity index (χ0v) is 10.5. The molecule has 0 saturated carbocycles. The Hall–Kier alpha value is -1.20. The Labute approximate surface area is 99.1 Å². The molecule has 0 radical (unpaired) electrons. The van der Waals surface area contributed by atoms with Crippen molar-refractivity contribution in [3.8, 4) is 11.3 Å². The van der Waals surface area contributed by atoms with Gasteiger partial charge in [0, 0.05) is 24.2 Å². The highest BCUT2D eigenvalue weighted by Crippen LogP contribution is 2.27. The van der Waals surface area contributed by atoms with Crippen LogP contribution in [0.5, 0.6) is 0 Å². The van der Waals surface area contributed by atoms with E-state index in [2.05, 4.69) is 23.9 Å². The van der Waals surface area contributed by atoms with Crippen LogP contribution in [0.3, 0.4) is 0 Å². The maximum atomic E-state index is 6.06. The maximum Gasteiger partial charge on any atom is 0.110 e. The Bertz CT molecular complexity index is 472. The van der Waals surface area contributed by atoms with Crippen molar-refractivity contribution in [1.82, 2.24) is 14.8 Å². The van der Waals surface area contributed by atoms with Gasteiger partial charge >= 0.3 is 0 Å². The minimum atomic E-state index is 0.0235. The lowest BCUT2D eigenvalue weighted by molar-refractivity contribution is 0.512. The molecule has 2 heterocycles. The molecule has 0 fully saturated rings. The fraction of sp³-hybridized carbons (Fsp3) is 0.455. The first-order valence-corrected chi connectivity index (χ1v) is 6.16. The van der Waals surface area contributed by atoms with Crippen molar-refractivity contribution >= 4 is 11.3 Å². The van der Waals surface area contributed by atoms with E-state index in [0.29, 0.717) is 5.92 Å². The summed E-state index contributed by atoms with van der Waals surface area (Å²) in [5.74, 6) is 0.410. The first-order valence-electron chi connectivity index (χ1n) is 5.28. The van der Waals surface area contributed by atoms with Gasteiger partial charge in [0.05, 0.1) is 17.9 Å². The first-order chi connectivity index (χ1) is 7.58. The van der Waals surface area contributed by atoms with Gasteiger partial charge in [-0.1, -0.05) is 13.8 Å². The van der Waals surface area contributed by atoms with E-state index < -0.39 is 0 Å². The molecule has 86 valence electrons. The van der Waals surface area contributed by atoms with Crippen molar-refractivity contribution in [2.75, 3.05) is 0 Å². The van der Waals surface area contributed by atoms with Gasteiger partial charge in [-0.3, -0.25) is 4.68 Å². The predicted octanol–water partition coefficient (Wildman–Crippen LogP) is 2.20. The summed E-state index contributed by atoms with van der Waals surface area (Å²) in [5.41, 5.74) is 8.07. The number of rotatable bonds is 3. The second-order valence-electron chi connectivity index (χ2n) is 4.24. The average molecular weight is 236 g/mol. The second kappa shape index (κ2) is 4.35. The molecule has 0 aliphatic carbocycles. The van der Waals surface area contributed by atoms with E-state index in [0.717, 1.165) is 16.3 Å². The number of hydrogen-bond donors (Lipinski definition) is 1. The minimum Gasteiger partial charge on any atom is -0.322 e. The van der Waals surface area contributed by atoms with Crippen LogP contribution in [0.25, 0.3) is 11.3 Å². The van der Waals surface area contributed by atoms with Crippen molar-refractivity contribution in [3.63, 3.8) is 0 Å². The van der Waals surface area contributed by atoms with Gasteiger partial charge in [-0.25, -0.2) is 4.98 Å². The molecule has 16 heavy (non-hydrogen) atoms. The molecule has 0 spiro atoms. The van der Waals surface area contributed by atoms with Crippen LogP contribution in [0.2, 0.25) is 0 Å². The highest BCUT2D eigenvalue weighted by molar-refractivity contribution is 7.10. The zero-order chi connectivity index (χ0) is 11.7. The van der Waals surface area contributed by atoms with Crippen LogP contribution in [0.15, 0.2) is 17.8 Å². The number of nitrogens with zero attached hydrogens (tertiary/aromatic N) is 3. The third-order valence-electron chi connectivity index (χ3n) is 2.53. The summed E-state index contributed by atoms with van der Waals surface area (Å²) in [4.78, 5) is 4.56. The van der Waals surface area contributed by atoms with E-state index >= 15 is 0 Å². The molecule has 2 aromatic heterocycles. The lowest BCUT2D eigenvalue weighted by Crippen LogP contribution is -2.16. The lowest BCUT2D eigenvalue weighted by Gasteiger charge is -2.11. The van der Waals surface area contributed by atoms with E-state index in [1.165, 1.54) is 0 Å². The minimum absolute atomic E-state index is 0.0235. The van der Waals surface area contributed by atoms with Crippen LogP contribution in [0.4, 0.5) is 0 Å². The van der Waals surface area contributed by atoms with Crippen LogP contribution in [-0.4, -0.2) is 14.8 Å². The van der Waals surface area contributed by atoms with Gasteiger partial charge < -0.3 is 5.73 Å². The number of hydrogen-bond acceptors (Lipinski definition) is 4. The highest BCUT2D eigenvalue weighted by Gasteiger charge is 2.15. The summed E-state index contributed by atoms with van der Waals surface area (Å²) in [7, 11) is 1.90. The fourth-order valence-electron chi connectivity index (χ4n) is 1.41. The lowest BCUT2D eigenvalue weighted by atomic mass is 10.1. The molecule has 2 rings (SSSR count). The third-order valence-corrected chi connectivity index (χ3v) is 3.47.